The summed E-state index contributed by atoms with van der Waals surface area (Å²) in [6.45, 7) is 2.65. The summed E-state index contributed by atoms with van der Waals surface area (Å²) >= 11 is 0. The number of nitrogens with zero attached hydrogens (tertiary/aromatic N) is 4. The standard InChI is InChI=1S/C13H19N5O4/c1-3-5-18-12(20)9(15-13(18)21)7-11(19)17(2)6-4-10-14-8-22-16-10/h8-9H,3-7H2,1-2H3,(H,15,21)/t9-/m0/s1. The molecule has 1 N–H and O–H groups in total. The average Bonchev–Trinajstić information content (AvgIpc) is 3.09. The summed E-state index contributed by atoms with van der Waals surface area (Å²) in [5.74, 6) is -0.0497. The Morgan fingerprint density at radius 3 is 2.91 bits per heavy atom. The molecule has 0 bridgehead atoms. The average molecular weight is 309 g/mol. The van der Waals surface area contributed by atoms with Gasteiger partial charge in [0.25, 0.3) is 5.91 Å². The van der Waals surface area contributed by atoms with E-state index in [1.807, 2.05) is 6.92 Å². The van der Waals surface area contributed by atoms with Crippen molar-refractivity contribution in [3.05, 3.63) is 12.2 Å². The Morgan fingerprint density at radius 1 is 1.50 bits per heavy atom. The highest BCUT2D eigenvalue weighted by atomic mass is 16.5. The SMILES string of the molecule is CCCN1C(=O)N[C@@H](CC(=O)N(C)CCc2ncon2)C1=O. The zero-order valence-electron chi connectivity index (χ0n) is 12.6. The molecule has 1 aromatic rings. The lowest BCUT2D eigenvalue weighted by molar-refractivity contribution is -0.134. The van der Waals surface area contributed by atoms with Gasteiger partial charge >= 0.3 is 6.03 Å². The number of nitrogens with one attached hydrogen (secondary N) is 1. The first-order valence-electron chi connectivity index (χ1n) is 7.14. The monoisotopic (exact) mass is 309 g/mol. The molecule has 2 rings (SSSR count). The van der Waals surface area contributed by atoms with Gasteiger partial charge in [0, 0.05) is 26.6 Å². The molecule has 1 atom stereocenters. The van der Waals surface area contributed by atoms with Gasteiger partial charge in [0.15, 0.2) is 5.82 Å². The molecule has 1 aliphatic heterocycles. The molecule has 9 heteroatoms. The molecule has 1 saturated heterocycles. The van der Waals surface area contributed by atoms with E-state index in [0.29, 0.717) is 31.8 Å². The Morgan fingerprint density at radius 2 is 2.27 bits per heavy atom. The number of carbonyl (C=O) groups is 3. The molecule has 0 saturated carbocycles. The first kappa shape index (κ1) is 15.9. The third kappa shape index (κ3) is 3.60. The third-order valence-electron chi connectivity index (χ3n) is 3.44. The fourth-order valence-corrected chi connectivity index (χ4v) is 2.18. The molecule has 0 radical (unpaired) electrons. The maximum atomic E-state index is 12.1. The summed E-state index contributed by atoms with van der Waals surface area (Å²) in [7, 11) is 1.63. The first-order chi connectivity index (χ1) is 10.5. The van der Waals surface area contributed by atoms with Crippen LogP contribution in [0.25, 0.3) is 0 Å². The van der Waals surface area contributed by atoms with Crippen LogP contribution in [0.3, 0.4) is 0 Å². The summed E-state index contributed by atoms with van der Waals surface area (Å²) in [6.07, 6.45) is 2.33. The van der Waals surface area contributed by atoms with Crippen LogP contribution >= 0.6 is 0 Å². The van der Waals surface area contributed by atoms with Crippen molar-refractivity contribution in [2.45, 2.75) is 32.2 Å². The Hall–Kier alpha value is -2.45. The number of imide groups is 1. The van der Waals surface area contributed by atoms with E-state index in [-0.39, 0.29) is 18.2 Å². The number of urea groups is 1. The van der Waals surface area contributed by atoms with Gasteiger partial charge in [0.05, 0.1) is 6.42 Å². The van der Waals surface area contributed by atoms with Crippen LogP contribution in [0.4, 0.5) is 4.79 Å². The lowest BCUT2D eigenvalue weighted by Gasteiger charge is -2.18. The second-order valence-electron chi connectivity index (χ2n) is 5.11. The number of amides is 4. The molecule has 1 aliphatic rings. The lowest BCUT2D eigenvalue weighted by Crippen LogP contribution is -2.38. The minimum atomic E-state index is -0.779. The number of aromatic nitrogens is 2. The van der Waals surface area contributed by atoms with Crippen LogP contribution in [-0.4, -0.2) is 64.0 Å². The van der Waals surface area contributed by atoms with Crippen molar-refractivity contribution >= 4 is 17.8 Å². The van der Waals surface area contributed by atoms with Gasteiger partial charge in [-0.1, -0.05) is 12.1 Å². The van der Waals surface area contributed by atoms with Crippen LogP contribution in [0.5, 0.6) is 0 Å². The van der Waals surface area contributed by atoms with Crippen molar-refractivity contribution in [3.63, 3.8) is 0 Å². The van der Waals surface area contributed by atoms with E-state index in [2.05, 4.69) is 20.0 Å². The molecule has 9 nitrogen and oxygen atoms in total. The number of likely N-dealkylation sites (N-methyl/N-ethyl adjacent to an activating group) is 1. The van der Waals surface area contributed by atoms with Gasteiger partial charge in [0.1, 0.15) is 6.04 Å². The van der Waals surface area contributed by atoms with E-state index in [1.54, 1.807) is 7.05 Å². The molecule has 2 heterocycles. The van der Waals surface area contributed by atoms with Crippen molar-refractivity contribution in [1.82, 2.24) is 25.3 Å². The third-order valence-corrected chi connectivity index (χ3v) is 3.44. The highest BCUT2D eigenvalue weighted by Gasteiger charge is 2.38. The predicted octanol–water partition coefficient (Wildman–Crippen LogP) is -0.209. The van der Waals surface area contributed by atoms with E-state index in [9.17, 15) is 14.4 Å². The topological polar surface area (TPSA) is 109 Å². The molecule has 22 heavy (non-hydrogen) atoms. The Kier molecular flexibility index (Phi) is 5.08. The second-order valence-corrected chi connectivity index (χ2v) is 5.11. The van der Waals surface area contributed by atoms with Gasteiger partial charge in [-0.05, 0) is 6.42 Å². The van der Waals surface area contributed by atoms with Crippen LogP contribution in [0.2, 0.25) is 0 Å². The van der Waals surface area contributed by atoms with Gasteiger partial charge in [0.2, 0.25) is 12.3 Å². The Labute approximate surface area is 127 Å². The number of carbonyl (C=O) groups excluding carboxylic acids is 3. The number of hydrogen-bond donors (Lipinski definition) is 1. The van der Waals surface area contributed by atoms with E-state index in [4.69, 9.17) is 0 Å². The smallest absolute Gasteiger partial charge is 0.324 e. The van der Waals surface area contributed by atoms with Gasteiger partial charge < -0.3 is 14.7 Å². The van der Waals surface area contributed by atoms with Gasteiger partial charge in [-0.15, -0.1) is 0 Å². The largest absolute Gasteiger partial charge is 0.345 e. The Balaban J connectivity index is 1.83. The predicted molar refractivity (Wildman–Crippen MR) is 74.6 cm³/mol. The summed E-state index contributed by atoms with van der Waals surface area (Å²) in [6, 6.07) is -1.21. The van der Waals surface area contributed by atoms with Gasteiger partial charge in [-0.2, -0.15) is 4.98 Å². The summed E-state index contributed by atoms with van der Waals surface area (Å²) in [4.78, 5) is 42.3. The van der Waals surface area contributed by atoms with Crippen LogP contribution < -0.4 is 5.32 Å². The Bertz CT molecular complexity index is 545. The summed E-state index contributed by atoms with van der Waals surface area (Å²) in [5.41, 5.74) is 0. The van der Waals surface area contributed by atoms with E-state index >= 15 is 0 Å². The molecule has 0 unspecified atom stereocenters. The highest BCUT2D eigenvalue weighted by molar-refractivity contribution is 6.05. The van der Waals surface area contributed by atoms with Crippen molar-refractivity contribution < 1.29 is 18.9 Å². The quantitative estimate of drug-likeness (QED) is 0.698. The fraction of sp³-hybridized carbons (Fsp3) is 0.615. The van der Waals surface area contributed by atoms with Crippen LogP contribution in [-0.2, 0) is 16.0 Å². The van der Waals surface area contributed by atoms with Crippen molar-refractivity contribution in [2.24, 2.45) is 0 Å². The van der Waals surface area contributed by atoms with Crippen molar-refractivity contribution in [1.29, 1.82) is 0 Å². The first-order valence-corrected chi connectivity index (χ1v) is 7.14. The molecule has 0 spiro atoms. The van der Waals surface area contributed by atoms with Crippen molar-refractivity contribution in [3.8, 4) is 0 Å². The molecule has 4 amide bonds. The highest BCUT2D eigenvalue weighted by Crippen LogP contribution is 2.11. The van der Waals surface area contributed by atoms with Crippen LogP contribution in [0.1, 0.15) is 25.6 Å². The van der Waals surface area contributed by atoms with Crippen molar-refractivity contribution in [2.75, 3.05) is 20.1 Å². The number of hydrogen-bond acceptors (Lipinski definition) is 6. The zero-order valence-corrected chi connectivity index (χ0v) is 12.6. The minimum absolute atomic E-state index is 0.0481. The maximum Gasteiger partial charge on any atom is 0.324 e. The van der Waals surface area contributed by atoms with Gasteiger partial charge in [-0.3, -0.25) is 14.5 Å². The molecule has 120 valence electrons. The molecule has 1 aromatic heterocycles. The molecule has 0 aliphatic carbocycles. The van der Waals surface area contributed by atoms with E-state index in [0.717, 1.165) is 4.90 Å². The number of rotatable bonds is 7. The van der Waals surface area contributed by atoms with Gasteiger partial charge in [-0.25, -0.2) is 4.79 Å². The van der Waals surface area contributed by atoms with Crippen LogP contribution in [0.15, 0.2) is 10.9 Å². The fourth-order valence-electron chi connectivity index (χ4n) is 2.18. The lowest BCUT2D eigenvalue weighted by atomic mass is 10.2. The normalized spacial score (nSPS) is 17.7. The minimum Gasteiger partial charge on any atom is -0.345 e. The molecular formula is C13H19N5O4. The second kappa shape index (κ2) is 7.01. The summed E-state index contributed by atoms with van der Waals surface area (Å²) < 4.78 is 4.61. The van der Waals surface area contributed by atoms with E-state index < -0.39 is 12.1 Å². The van der Waals surface area contributed by atoms with E-state index in [1.165, 1.54) is 11.3 Å². The summed E-state index contributed by atoms with van der Waals surface area (Å²) in [5, 5.41) is 6.21. The molecular weight excluding hydrogens is 290 g/mol. The molecule has 0 aromatic carbocycles. The van der Waals surface area contributed by atoms with Crippen LogP contribution in [0, 0.1) is 0 Å². The maximum absolute atomic E-state index is 12.1. The zero-order chi connectivity index (χ0) is 16.1. The molecule has 1 fully saturated rings.